The van der Waals surface area contributed by atoms with Crippen molar-refractivity contribution >= 4 is 11.3 Å². The van der Waals surface area contributed by atoms with Gasteiger partial charge in [-0.15, -0.1) is 13.2 Å². The minimum absolute atomic E-state index is 0.154. The van der Waals surface area contributed by atoms with E-state index in [0.29, 0.717) is 5.82 Å². The zero-order chi connectivity index (χ0) is 17.3. The monoisotopic (exact) mass is 336 g/mol. The number of fused-ring (bicyclic) bond motifs is 1. The van der Waals surface area contributed by atoms with Crippen LogP contribution in [0.5, 0.6) is 5.75 Å². The molecule has 0 spiro atoms. The number of nitrogens with zero attached hydrogens (tertiary/aromatic N) is 3. The van der Waals surface area contributed by atoms with E-state index in [1.807, 2.05) is 19.9 Å². The predicted molar refractivity (Wildman–Crippen MR) is 82.9 cm³/mol. The molecule has 3 aromatic rings. The molecule has 0 radical (unpaired) electrons. The van der Waals surface area contributed by atoms with Crippen molar-refractivity contribution in [3.63, 3.8) is 0 Å². The maximum atomic E-state index is 12.2. The lowest BCUT2D eigenvalue weighted by Gasteiger charge is -2.16. The summed E-state index contributed by atoms with van der Waals surface area (Å²) in [4.78, 5) is 4.31. The van der Waals surface area contributed by atoms with Gasteiger partial charge in [-0.25, -0.2) is 9.50 Å². The summed E-state index contributed by atoms with van der Waals surface area (Å²) in [7, 11) is 0. The van der Waals surface area contributed by atoms with Crippen molar-refractivity contribution in [1.82, 2.24) is 14.6 Å². The van der Waals surface area contributed by atoms with E-state index in [0.717, 1.165) is 16.8 Å². The van der Waals surface area contributed by atoms with Crippen LogP contribution in [0.3, 0.4) is 0 Å². The number of ether oxygens (including phenoxy) is 1. The van der Waals surface area contributed by atoms with Crippen molar-refractivity contribution in [2.24, 2.45) is 0 Å². The highest BCUT2D eigenvalue weighted by atomic mass is 19.4. The van der Waals surface area contributed by atoms with Gasteiger partial charge in [-0.3, -0.25) is 0 Å². The van der Waals surface area contributed by atoms with Crippen LogP contribution in [-0.2, 0) is 0 Å². The number of anilines is 1. The maximum absolute atomic E-state index is 12.2. The minimum Gasteiger partial charge on any atom is -0.406 e. The molecule has 2 aromatic heterocycles. The quantitative estimate of drug-likeness (QED) is 0.779. The molecule has 0 aliphatic rings. The van der Waals surface area contributed by atoms with E-state index in [1.165, 1.54) is 12.1 Å². The Balaban J connectivity index is 1.78. The molecule has 0 saturated carbocycles. The van der Waals surface area contributed by atoms with Crippen LogP contribution in [0.2, 0.25) is 0 Å². The molecular formula is C16H15F3N4O. The number of rotatable bonds is 4. The molecule has 2 heterocycles. The van der Waals surface area contributed by atoms with Gasteiger partial charge in [0, 0.05) is 12.4 Å². The highest BCUT2D eigenvalue weighted by molar-refractivity contribution is 5.68. The lowest BCUT2D eigenvalue weighted by molar-refractivity contribution is -0.274. The van der Waals surface area contributed by atoms with Gasteiger partial charge in [-0.2, -0.15) is 5.10 Å². The number of aromatic nitrogens is 3. The van der Waals surface area contributed by atoms with Gasteiger partial charge < -0.3 is 10.1 Å². The Kier molecular flexibility index (Phi) is 4.04. The molecule has 0 saturated heterocycles. The third kappa shape index (κ3) is 3.58. The Morgan fingerprint density at radius 2 is 1.92 bits per heavy atom. The zero-order valence-electron chi connectivity index (χ0n) is 13.0. The van der Waals surface area contributed by atoms with Gasteiger partial charge >= 0.3 is 6.36 Å². The van der Waals surface area contributed by atoms with E-state index in [-0.39, 0.29) is 11.8 Å². The number of hydrogen-bond acceptors (Lipinski definition) is 4. The van der Waals surface area contributed by atoms with Crippen molar-refractivity contribution in [1.29, 1.82) is 0 Å². The molecule has 0 aliphatic heterocycles. The number of hydrogen-bond donors (Lipinski definition) is 1. The zero-order valence-corrected chi connectivity index (χ0v) is 13.0. The summed E-state index contributed by atoms with van der Waals surface area (Å²) in [5, 5.41) is 7.56. The predicted octanol–water partition coefficient (Wildman–Crippen LogP) is 4.11. The van der Waals surface area contributed by atoms with E-state index in [1.54, 1.807) is 29.0 Å². The fourth-order valence-corrected chi connectivity index (χ4v) is 2.40. The topological polar surface area (TPSA) is 51.5 Å². The second-order valence-corrected chi connectivity index (χ2v) is 5.37. The van der Waals surface area contributed by atoms with Crippen molar-refractivity contribution in [3.05, 3.63) is 54.0 Å². The molecule has 24 heavy (non-hydrogen) atoms. The third-order valence-corrected chi connectivity index (χ3v) is 3.48. The largest absolute Gasteiger partial charge is 0.573 e. The number of halogens is 3. The summed E-state index contributed by atoms with van der Waals surface area (Å²) in [6, 6.07) is 7.50. The first-order valence-corrected chi connectivity index (χ1v) is 7.25. The number of nitrogens with one attached hydrogen (secondary N) is 1. The highest BCUT2D eigenvalue weighted by Crippen LogP contribution is 2.26. The average molecular weight is 336 g/mol. The van der Waals surface area contributed by atoms with Crippen molar-refractivity contribution in [3.8, 4) is 5.75 Å². The van der Waals surface area contributed by atoms with Crippen LogP contribution in [0.25, 0.3) is 5.52 Å². The molecule has 0 unspecified atom stereocenters. The molecule has 3 rings (SSSR count). The number of alkyl halides is 3. The van der Waals surface area contributed by atoms with Crippen LogP contribution in [0.15, 0.2) is 42.7 Å². The summed E-state index contributed by atoms with van der Waals surface area (Å²) in [6.45, 7) is 3.79. The molecule has 0 bridgehead atoms. The molecule has 1 aromatic carbocycles. The van der Waals surface area contributed by atoms with Crippen LogP contribution >= 0.6 is 0 Å². The molecule has 126 valence electrons. The van der Waals surface area contributed by atoms with Crippen molar-refractivity contribution in [2.75, 3.05) is 5.32 Å². The van der Waals surface area contributed by atoms with E-state index in [2.05, 4.69) is 20.1 Å². The Morgan fingerprint density at radius 3 is 2.58 bits per heavy atom. The lowest BCUT2D eigenvalue weighted by atomic mass is 10.1. The Bertz CT molecular complexity index is 843. The molecule has 0 fully saturated rings. The van der Waals surface area contributed by atoms with Gasteiger partial charge in [0.25, 0.3) is 0 Å². The molecule has 5 nitrogen and oxygen atoms in total. The van der Waals surface area contributed by atoms with E-state index >= 15 is 0 Å². The van der Waals surface area contributed by atoms with Crippen LogP contribution < -0.4 is 10.1 Å². The lowest BCUT2D eigenvalue weighted by Crippen LogP contribution is -2.17. The summed E-state index contributed by atoms with van der Waals surface area (Å²) >= 11 is 0. The summed E-state index contributed by atoms with van der Waals surface area (Å²) in [5.74, 6) is 0.409. The van der Waals surface area contributed by atoms with Crippen LogP contribution in [0.1, 0.15) is 24.2 Å². The number of benzene rings is 1. The second kappa shape index (κ2) is 6.03. The van der Waals surface area contributed by atoms with Gasteiger partial charge in [0.2, 0.25) is 0 Å². The SMILES string of the molecule is Cc1cc2c(N[C@@H](C)c3ccc(OC(F)(F)F)cc3)nccn2n1. The summed E-state index contributed by atoms with van der Waals surface area (Å²) in [5.41, 5.74) is 2.51. The Hall–Kier alpha value is -2.77. The van der Waals surface area contributed by atoms with Gasteiger partial charge in [-0.05, 0) is 37.6 Å². The first kappa shape index (κ1) is 16.1. The molecule has 1 N–H and O–H groups in total. The molecular weight excluding hydrogens is 321 g/mol. The minimum atomic E-state index is -4.69. The van der Waals surface area contributed by atoms with Crippen LogP contribution in [0, 0.1) is 6.92 Å². The Labute approximate surface area is 136 Å². The molecule has 8 heteroatoms. The van der Waals surface area contributed by atoms with Crippen molar-refractivity contribution in [2.45, 2.75) is 26.3 Å². The first-order valence-electron chi connectivity index (χ1n) is 7.25. The van der Waals surface area contributed by atoms with Crippen molar-refractivity contribution < 1.29 is 17.9 Å². The van der Waals surface area contributed by atoms with E-state index < -0.39 is 6.36 Å². The molecule has 1 atom stereocenters. The van der Waals surface area contributed by atoms with Gasteiger partial charge in [-0.1, -0.05) is 12.1 Å². The maximum Gasteiger partial charge on any atom is 0.573 e. The highest BCUT2D eigenvalue weighted by Gasteiger charge is 2.31. The van der Waals surface area contributed by atoms with Gasteiger partial charge in [0.05, 0.1) is 11.7 Å². The normalized spacial score (nSPS) is 13.0. The smallest absolute Gasteiger partial charge is 0.406 e. The molecule has 0 aliphatic carbocycles. The third-order valence-electron chi connectivity index (χ3n) is 3.48. The van der Waals surface area contributed by atoms with E-state index in [9.17, 15) is 13.2 Å². The fourth-order valence-electron chi connectivity index (χ4n) is 2.40. The first-order chi connectivity index (χ1) is 11.3. The standard InChI is InChI=1S/C16H15F3N4O/c1-10-9-14-15(20-7-8-23(14)22-10)21-11(2)12-3-5-13(6-4-12)24-16(17,18)19/h3-9,11H,1-2H3,(H,20,21)/t11-/m0/s1. The van der Waals surface area contributed by atoms with E-state index in [4.69, 9.17) is 0 Å². The average Bonchev–Trinajstić information content (AvgIpc) is 2.87. The Morgan fingerprint density at radius 1 is 1.21 bits per heavy atom. The van der Waals surface area contributed by atoms with Crippen LogP contribution in [0.4, 0.5) is 19.0 Å². The van der Waals surface area contributed by atoms with Crippen LogP contribution in [-0.4, -0.2) is 21.0 Å². The second-order valence-electron chi connectivity index (χ2n) is 5.37. The fraction of sp³-hybridized carbons (Fsp3) is 0.250. The van der Waals surface area contributed by atoms with Gasteiger partial charge in [0.1, 0.15) is 11.3 Å². The summed E-state index contributed by atoms with van der Waals surface area (Å²) < 4.78 is 42.2. The molecule has 0 amide bonds. The summed E-state index contributed by atoms with van der Waals surface area (Å²) in [6.07, 6.45) is -1.30. The number of aryl methyl sites for hydroxylation is 1. The van der Waals surface area contributed by atoms with Gasteiger partial charge in [0.15, 0.2) is 5.82 Å².